The predicted molar refractivity (Wildman–Crippen MR) is 57.8 cm³/mol. The first-order valence-electron chi connectivity index (χ1n) is 5.25. The first kappa shape index (κ1) is 13.2. The van der Waals surface area contributed by atoms with Gasteiger partial charge in [-0.15, -0.1) is 30.7 Å². The van der Waals surface area contributed by atoms with Crippen molar-refractivity contribution in [2.24, 2.45) is 20.5 Å². The number of H-pyrrole nitrogens is 2. The Labute approximate surface area is 110 Å². The fourth-order valence-corrected chi connectivity index (χ4v) is 0.945. The first-order valence-corrected chi connectivity index (χ1v) is 5.25. The molecular formula is C6H8N12O2. The highest BCUT2D eigenvalue weighted by atomic mass is 16.5. The Hall–Kier alpha value is -3.19. The number of nitrogens with zero attached hydrogens (tertiary/aromatic N) is 10. The van der Waals surface area contributed by atoms with Crippen molar-refractivity contribution < 1.29 is 9.53 Å². The summed E-state index contributed by atoms with van der Waals surface area (Å²) in [4.78, 5) is 11.6. The number of esters is 1. The van der Waals surface area contributed by atoms with Crippen LogP contribution in [0.5, 0.6) is 0 Å². The molecule has 0 spiro atoms. The van der Waals surface area contributed by atoms with Crippen LogP contribution in [-0.4, -0.2) is 60.0 Å². The minimum Gasteiger partial charge on any atom is -0.463 e. The van der Waals surface area contributed by atoms with Crippen LogP contribution in [-0.2, 0) is 9.53 Å². The molecule has 0 atom stereocenters. The van der Waals surface area contributed by atoms with Crippen molar-refractivity contribution in [3.8, 4) is 0 Å². The molecule has 2 rings (SSSR count). The van der Waals surface area contributed by atoms with E-state index in [1.54, 1.807) is 6.92 Å². The second kappa shape index (κ2) is 6.66. The van der Waals surface area contributed by atoms with Gasteiger partial charge in [-0.1, -0.05) is 10.2 Å². The topological polar surface area (TPSA) is 185 Å². The van der Waals surface area contributed by atoms with Crippen molar-refractivity contribution in [3.05, 3.63) is 0 Å². The molecule has 2 N–H and O–H groups in total. The van der Waals surface area contributed by atoms with Gasteiger partial charge in [0.25, 0.3) is 6.17 Å². The molecule has 2 heterocycles. The fourth-order valence-electron chi connectivity index (χ4n) is 0.945. The normalized spacial score (nSPS) is 13.1. The van der Waals surface area contributed by atoms with Crippen molar-refractivity contribution in [2.45, 2.75) is 13.1 Å². The molecule has 14 nitrogen and oxygen atoms in total. The summed E-state index contributed by atoms with van der Waals surface area (Å²) < 4.78 is 4.77. The van der Waals surface area contributed by atoms with Crippen LogP contribution in [0.15, 0.2) is 20.5 Å². The maximum atomic E-state index is 11.6. The van der Waals surface area contributed by atoms with Crippen LogP contribution in [0.25, 0.3) is 0 Å². The highest BCUT2D eigenvalue weighted by Crippen LogP contribution is 2.08. The van der Waals surface area contributed by atoms with E-state index in [0.717, 1.165) is 0 Å². The Kier molecular flexibility index (Phi) is 4.41. The summed E-state index contributed by atoms with van der Waals surface area (Å²) in [6, 6.07) is 0. The molecule has 0 saturated carbocycles. The molecule has 0 aliphatic carbocycles. The van der Waals surface area contributed by atoms with Gasteiger partial charge in [-0.25, -0.2) is 4.79 Å². The van der Waals surface area contributed by atoms with Crippen molar-refractivity contribution in [2.75, 3.05) is 6.61 Å². The van der Waals surface area contributed by atoms with Crippen LogP contribution in [0.4, 0.5) is 11.9 Å². The molecule has 0 unspecified atom stereocenters. The number of rotatable bonds is 6. The average molecular weight is 280 g/mol. The number of carbonyl (C=O) groups is 1. The molecule has 104 valence electrons. The average Bonchev–Trinajstić information content (AvgIpc) is 3.12. The van der Waals surface area contributed by atoms with E-state index in [0.29, 0.717) is 0 Å². The van der Waals surface area contributed by atoms with Gasteiger partial charge >= 0.3 is 17.9 Å². The molecule has 20 heavy (non-hydrogen) atoms. The van der Waals surface area contributed by atoms with Gasteiger partial charge in [-0.2, -0.15) is 10.4 Å². The molecule has 0 radical (unpaired) electrons. The lowest BCUT2D eigenvalue weighted by molar-refractivity contribution is -0.144. The zero-order valence-electron chi connectivity index (χ0n) is 10.1. The van der Waals surface area contributed by atoms with Crippen LogP contribution < -0.4 is 0 Å². The van der Waals surface area contributed by atoms with E-state index in [1.165, 1.54) is 0 Å². The Balaban J connectivity index is 2.10. The third kappa shape index (κ3) is 3.65. The molecule has 0 saturated heterocycles. The molecule has 2 aromatic heterocycles. The molecular weight excluding hydrogens is 272 g/mol. The number of carbonyl (C=O) groups excluding carboxylic acids is 1. The largest absolute Gasteiger partial charge is 0.463 e. The number of tetrazole rings is 2. The minimum atomic E-state index is -1.33. The Bertz CT molecular complexity index is 529. The monoisotopic (exact) mass is 280 g/mol. The zero-order valence-corrected chi connectivity index (χ0v) is 10.1. The molecule has 2 aromatic rings. The number of azo groups is 2. The quantitative estimate of drug-likeness (QED) is 0.521. The molecule has 0 aromatic carbocycles. The van der Waals surface area contributed by atoms with E-state index in [-0.39, 0.29) is 18.5 Å². The Morgan fingerprint density at radius 3 is 2.10 bits per heavy atom. The fraction of sp³-hybridized carbons (Fsp3) is 0.500. The van der Waals surface area contributed by atoms with Gasteiger partial charge in [-0.3, -0.25) is 0 Å². The zero-order chi connectivity index (χ0) is 14.2. The maximum Gasteiger partial charge on any atom is 0.357 e. The summed E-state index contributed by atoms with van der Waals surface area (Å²) in [7, 11) is 0. The number of hydrogen-bond acceptors (Lipinski definition) is 12. The molecule has 0 fully saturated rings. The highest BCUT2D eigenvalue weighted by molar-refractivity contribution is 5.75. The van der Waals surface area contributed by atoms with E-state index < -0.39 is 12.1 Å². The van der Waals surface area contributed by atoms with Crippen LogP contribution >= 0.6 is 0 Å². The van der Waals surface area contributed by atoms with E-state index in [4.69, 9.17) is 4.74 Å². The summed E-state index contributed by atoms with van der Waals surface area (Å²) in [5.74, 6) is -0.866. The van der Waals surface area contributed by atoms with E-state index >= 15 is 0 Å². The van der Waals surface area contributed by atoms with Gasteiger partial charge < -0.3 is 4.74 Å². The van der Waals surface area contributed by atoms with Gasteiger partial charge in [-0.05, 0) is 17.4 Å². The van der Waals surface area contributed by atoms with Gasteiger partial charge in [0.15, 0.2) is 0 Å². The number of aromatic amines is 2. The van der Waals surface area contributed by atoms with Crippen molar-refractivity contribution in [1.29, 1.82) is 0 Å². The summed E-state index contributed by atoms with van der Waals surface area (Å²) in [5, 5.41) is 39.4. The van der Waals surface area contributed by atoms with Gasteiger partial charge in [0, 0.05) is 0 Å². The van der Waals surface area contributed by atoms with Crippen LogP contribution in [0, 0.1) is 0 Å². The van der Waals surface area contributed by atoms with Crippen LogP contribution in [0.3, 0.4) is 0 Å². The third-order valence-electron chi connectivity index (χ3n) is 1.68. The smallest absolute Gasteiger partial charge is 0.357 e. The number of ether oxygens (including phenoxy) is 1. The van der Waals surface area contributed by atoms with E-state index in [1.807, 2.05) is 0 Å². The molecule has 0 amide bonds. The third-order valence-corrected chi connectivity index (χ3v) is 1.68. The van der Waals surface area contributed by atoms with E-state index in [9.17, 15) is 4.79 Å². The summed E-state index contributed by atoms with van der Waals surface area (Å²) >= 11 is 0. The Morgan fingerprint density at radius 2 is 1.70 bits per heavy atom. The van der Waals surface area contributed by atoms with Crippen LogP contribution in [0.1, 0.15) is 6.92 Å². The van der Waals surface area contributed by atoms with Crippen molar-refractivity contribution in [3.63, 3.8) is 0 Å². The molecule has 0 aliphatic rings. The highest BCUT2D eigenvalue weighted by Gasteiger charge is 2.19. The van der Waals surface area contributed by atoms with Crippen LogP contribution in [0.2, 0.25) is 0 Å². The number of nitrogens with one attached hydrogen (secondary N) is 2. The van der Waals surface area contributed by atoms with Crippen molar-refractivity contribution >= 4 is 17.9 Å². The lowest BCUT2D eigenvalue weighted by Gasteiger charge is -2.02. The van der Waals surface area contributed by atoms with Crippen molar-refractivity contribution in [1.82, 2.24) is 41.2 Å². The summed E-state index contributed by atoms with van der Waals surface area (Å²) in [5.41, 5.74) is 0. The standard InChI is InChI=1S/C6H8N12O2/c1-2-20-4(19)3(7-9-5-11-15-16-12-5)8-10-6-13-17-18-14-6/h3H,2H2,1H3,(H,11,12,15,16)(H,13,14,17,18). The second-order valence-electron chi connectivity index (χ2n) is 2.98. The van der Waals surface area contributed by atoms with Gasteiger partial charge in [0.2, 0.25) is 0 Å². The minimum absolute atomic E-state index is 0.0611. The maximum absolute atomic E-state index is 11.6. The lowest BCUT2D eigenvalue weighted by atomic mass is 10.5. The summed E-state index contributed by atoms with van der Waals surface area (Å²) in [6.45, 7) is 1.80. The summed E-state index contributed by atoms with van der Waals surface area (Å²) in [6.07, 6.45) is -1.33. The Morgan fingerprint density at radius 1 is 1.15 bits per heavy atom. The lowest BCUT2D eigenvalue weighted by Crippen LogP contribution is -2.18. The van der Waals surface area contributed by atoms with Gasteiger partial charge in [0.05, 0.1) is 6.61 Å². The predicted octanol–water partition coefficient (Wildman–Crippen LogP) is -0.530. The molecule has 0 bridgehead atoms. The number of hydrogen-bond donors (Lipinski definition) is 2. The van der Waals surface area contributed by atoms with Gasteiger partial charge in [0.1, 0.15) is 0 Å². The van der Waals surface area contributed by atoms with E-state index in [2.05, 4.69) is 61.7 Å². The molecule has 14 heteroatoms. The SMILES string of the molecule is CCOC(=O)C(N=Nc1nn[nH]n1)N=Nc1nn[nH]n1. The number of aromatic nitrogens is 8. The molecule has 0 aliphatic heterocycles. The second-order valence-corrected chi connectivity index (χ2v) is 2.98. The first-order chi connectivity index (χ1) is 9.79.